The Morgan fingerprint density at radius 1 is 1.08 bits per heavy atom. The molecule has 4 atom stereocenters. The Morgan fingerprint density at radius 3 is 2.36 bits per heavy atom. The molecule has 0 aromatic carbocycles. The van der Waals surface area contributed by atoms with Crippen LogP contribution in [-0.2, 0) is 15.9 Å². The monoisotopic (exact) mass is 350 g/mol. The van der Waals surface area contributed by atoms with E-state index in [1.165, 1.54) is 5.57 Å². The first-order chi connectivity index (χ1) is 12.0. The molecule has 4 unspecified atom stereocenters. The van der Waals surface area contributed by atoms with Crippen molar-refractivity contribution in [3.05, 3.63) is 35.8 Å². The summed E-state index contributed by atoms with van der Waals surface area (Å²) in [5, 5.41) is 19.5. The first kappa shape index (κ1) is 18.6. The van der Waals surface area contributed by atoms with E-state index in [2.05, 4.69) is 19.9 Å². The average molecular weight is 350 g/mol. The van der Waals surface area contributed by atoms with Crippen LogP contribution in [0.3, 0.4) is 0 Å². The minimum atomic E-state index is -0.420. The fourth-order valence-corrected chi connectivity index (χ4v) is 3.73. The number of allylic oxidation sites excluding steroid dienone is 2. The molecule has 5 heteroatoms. The fraction of sp³-hybridized carbons (Fsp3) is 0.700. The second kappa shape index (κ2) is 7.62. The van der Waals surface area contributed by atoms with Gasteiger partial charge in [-0.05, 0) is 64.0 Å². The molecule has 0 bridgehead atoms. The van der Waals surface area contributed by atoms with E-state index in [9.17, 15) is 10.2 Å². The fourth-order valence-electron chi connectivity index (χ4n) is 3.73. The molecule has 25 heavy (non-hydrogen) atoms. The van der Waals surface area contributed by atoms with Crippen LogP contribution in [0.5, 0.6) is 0 Å². The van der Waals surface area contributed by atoms with E-state index in [0.717, 1.165) is 44.1 Å². The van der Waals surface area contributed by atoms with Gasteiger partial charge in [-0.2, -0.15) is 0 Å². The van der Waals surface area contributed by atoms with Gasteiger partial charge in [0.2, 0.25) is 0 Å². The maximum absolute atomic E-state index is 9.77. The molecule has 140 valence electrons. The van der Waals surface area contributed by atoms with Crippen LogP contribution in [0, 0.1) is 0 Å². The van der Waals surface area contributed by atoms with E-state index < -0.39 is 5.60 Å². The van der Waals surface area contributed by atoms with Crippen LogP contribution >= 0.6 is 0 Å². The predicted molar refractivity (Wildman–Crippen MR) is 94.3 cm³/mol. The quantitative estimate of drug-likeness (QED) is 0.474. The van der Waals surface area contributed by atoms with E-state index in [1.807, 2.05) is 6.07 Å². The van der Waals surface area contributed by atoms with Gasteiger partial charge in [0, 0.05) is 0 Å². The van der Waals surface area contributed by atoms with Crippen LogP contribution in [-0.4, -0.2) is 46.8 Å². The third-order valence-electron chi connectivity index (χ3n) is 5.57. The summed E-state index contributed by atoms with van der Waals surface area (Å²) in [5.41, 5.74) is 1.64. The Labute approximate surface area is 149 Å². The maximum atomic E-state index is 9.77. The smallest absolute Gasteiger partial charge is 0.118 e. The van der Waals surface area contributed by atoms with Gasteiger partial charge < -0.3 is 24.1 Å². The lowest BCUT2D eigenvalue weighted by atomic mass is 9.91. The van der Waals surface area contributed by atoms with Crippen molar-refractivity contribution in [2.75, 3.05) is 13.2 Å². The molecule has 2 aliphatic rings. The molecule has 2 fully saturated rings. The Kier molecular flexibility index (Phi) is 5.68. The van der Waals surface area contributed by atoms with E-state index >= 15 is 0 Å². The van der Waals surface area contributed by atoms with Crippen molar-refractivity contribution >= 4 is 0 Å². The number of aliphatic hydroxyl groups excluding tert-OH is 2. The van der Waals surface area contributed by atoms with Gasteiger partial charge in [-0.25, -0.2) is 0 Å². The Morgan fingerprint density at radius 2 is 1.76 bits per heavy atom. The van der Waals surface area contributed by atoms with Gasteiger partial charge in [0.15, 0.2) is 0 Å². The lowest BCUT2D eigenvalue weighted by Gasteiger charge is -2.11. The van der Waals surface area contributed by atoms with Crippen LogP contribution < -0.4 is 0 Å². The van der Waals surface area contributed by atoms with E-state index in [1.54, 1.807) is 12.5 Å². The number of aryl methyl sites for hydroxylation is 1. The van der Waals surface area contributed by atoms with Gasteiger partial charge in [-0.15, -0.1) is 0 Å². The molecule has 0 radical (unpaired) electrons. The lowest BCUT2D eigenvalue weighted by Crippen LogP contribution is -2.25. The van der Waals surface area contributed by atoms with Gasteiger partial charge in [0.05, 0.1) is 37.9 Å². The highest BCUT2D eigenvalue weighted by molar-refractivity contribution is 5.11. The van der Waals surface area contributed by atoms with Gasteiger partial charge in [-0.1, -0.05) is 11.6 Å². The summed E-state index contributed by atoms with van der Waals surface area (Å²) < 4.78 is 16.7. The minimum absolute atomic E-state index is 0.0413. The topological polar surface area (TPSA) is 78.7 Å². The van der Waals surface area contributed by atoms with Crippen LogP contribution in [0.15, 0.2) is 34.7 Å². The van der Waals surface area contributed by atoms with Crippen molar-refractivity contribution in [3.8, 4) is 0 Å². The zero-order valence-electron chi connectivity index (χ0n) is 15.2. The van der Waals surface area contributed by atoms with Gasteiger partial charge in [-0.3, -0.25) is 0 Å². The highest BCUT2D eigenvalue weighted by atomic mass is 16.6. The van der Waals surface area contributed by atoms with E-state index in [-0.39, 0.29) is 31.0 Å². The minimum Gasteiger partial charge on any atom is -0.472 e. The number of rotatable bonds is 11. The largest absolute Gasteiger partial charge is 0.472 e. The SMILES string of the molecule is CC(C)=CCCC1(CO)OC1CCC1(CO)OC1CCc1ccoc1. The molecular formula is C20H30O5. The normalized spacial score (nSPS) is 33.3. The summed E-state index contributed by atoms with van der Waals surface area (Å²) in [6, 6.07) is 1.96. The van der Waals surface area contributed by atoms with Crippen molar-refractivity contribution in [1.82, 2.24) is 0 Å². The Balaban J connectivity index is 1.42. The zero-order valence-corrected chi connectivity index (χ0v) is 15.2. The van der Waals surface area contributed by atoms with E-state index in [0.29, 0.717) is 0 Å². The first-order valence-corrected chi connectivity index (χ1v) is 9.25. The molecule has 0 amide bonds. The maximum Gasteiger partial charge on any atom is 0.118 e. The summed E-state index contributed by atoms with van der Waals surface area (Å²) in [4.78, 5) is 0. The number of aliphatic hydroxyl groups is 2. The number of hydrogen-bond acceptors (Lipinski definition) is 5. The molecule has 1 aromatic heterocycles. The summed E-state index contributed by atoms with van der Waals surface area (Å²) in [6.07, 6.45) is 10.9. The standard InChI is InChI=1S/C20H30O5/c1-15(2)4-3-9-19(13-21)18(25-19)7-10-20(14-22)17(24-20)6-5-16-8-11-23-12-16/h4,8,11-12,17-18,21-22H,3,5-7,9-10,13-14H2,1-2H3. The molecule has 2 N–H and O–H groups in total. The molecule has 5 nitrogen and oxygen atoms in total. The Hall–Kier alpha value is -1.14. The first-order valence-electron chi connectivity index (χ1n) is 9.25. The number of furan rings is 1. The Bertz CT molecular complexity index is 577. The molecule has 2 aliphatic heterocycles. The molecule has 0 spiro atoms. The number of epoxide rings is 2. The molecule has 0 aliphatic carbocycles. The lowest BCUT2D eigenvalue weighted by molar-refractivity contribution is 0.157. The molecular weight excluding hydrogens is 320 g/mol. The van der Waals surface area contributed by atoms with E-state index in [4.69, 9.17) is 13.9 Å². The molecule has 1 aromatic rings. The molecule has 3 heterocycles. The number of hydrogen-bond donors (Lipinski definition) is 2. The highest BCUT2D eigenvalue weighted by Crippen LogP contribution is 2.48. The van der Waals surface area contributed by atoms with Crippen LogP contribution in [0.4, 0.5) is 0 Å². The van der Waals surface area contributed by atoms with Crippen molar-refractivity contribution in [2.45, 2.75) is 75.8 Å². The summed E-state index contributed by atoms with van der Waals surface area (Å²) in [6.45, 7) is 4.26. The van der Waals surface area contributed by atoms with Crippen LogP contribution in [0.1, 0.15) is 51.5 Å². The summed E-state index contributed by atoms with van der Waals surface area (Å²) in [7, 11) is 0. The van der Waals surface area contributed by atoms with Crippen LogP contribution in [0.2, 0.25) is 0 Å². The molecule has 3 rings (SSSR count). The van der Waals surface area contributed by atoms with Crippen molar-refractivity contribution in [3.63, 3.8) is 0 Å². The predicted octanol–water partition coefficient (Wildman–Crippen LogP) is 3.00. The molecule has 2 saturated heterocycles. The second-order valence-corrected chi connectivity index (χ2v) is 7.69. The average Bonchev–Trinajstić information content (AvgIpc) is 3.42. The van der Waals surface area contributed by atoms with Crippen molar-refractivity contribution in [2.24, 2.45) is 0 Å². The van der Waals surface area contributed by atoms with Gasteiger partial charge in [0.25, 0.3) is 0 Å². The number of ether oxygens (including phenoxy) is 2. The highest BCUT2D eigenvalue weighted by Gasteiger charge is 2.59. The summed E-state index contributed by atoms with van der Waals surface area (Å²) in [5.74, 6) is 0. The van der Waals surface area contributed by atoms with Crippen molar-refractivity contribution < 1.29 is 24.1 Å². The summed E-state index contributed by atoms with van der Waals surface area (Å²) >= 11 is 0. The third kappa shape index (κ3) is 4.34. The van der Waals surface area contributed by atoms with Crippen LogP contribution in [0.25, 0.3) is 0 Å². The molecule has 0 saturated carbocycles. The van der Waals surface area contributed by atoms with Gasteiger partial charge >= 0.3 is 0 Å². The zero-order chi connectivity index (χ0) is 17.9. The van der Waals surface area contributed by atoms with Crippen molar-refractivity contribution in [1.29, 1.82) is 0 Å². The second-order valence-electron chi connectivity index (χ2n) is 7.69. The third-order valence-corrected chi connectivity index (χ3v) is 5.57. The van der Waals surface area contributed by atoms with Gasteiger partial charge in [0.1, 0.15) is 11.2 Å².